The van der Waals surface area contributed by atoms with Gasteiger partial charge in [-0.15, -0.1) is 0 Å². The van der Waals surface area contributed by atoms with E-state index in [1.54, 1.807) is 0 Å². The minimum absolute atomic E-state index is 0.205. The van der Waals surface area contributed by atoms with Gasteiger partial charge >= 0.3 is 0 Å². The number of aromatic nitrogens is 2. The standard InChI is InChI=1S/C44H35N3O3S/c48-42-41(51-43(49)47(42)44(35-15-7-2-8-16-35,36-17-9-3-10-18-36)37-19-11-4-12-20-37)28-32-21-24-38(25-22-32)50-30-34-23-26-40-39(27-34)45-31-46(40)29-33-13-5-1-6-14-33/h1-27,31,41H,28-30H2. The summed E-state index contributed by atoms with van der Waals surface area (Å²) in [6.45, 7) is 1.17. The van der Waals surface area contributed by atoms with E-state index in [0.717, 1.165) is 62.9 Å². The van der Waals surface area contributed by atoms with Gasteiger partial charge in [-0.25, -0.2) is 4.98 Å². The molecule has 1 saturated heterocycles. The molecule has 7 aromatic rings. The minimum atomic E-state index is -1.12. The van der Waals surface area contributed by atoms with Crippen molar-refractivity contribution < 1.29 is 14.3 Å². The molecule has 7 heteroatoms. The van der Waals surface area contributed by atoms with Gasteiger partial charge in [-0.05, 0) is 64.1 Å². The lowest BCUT2D eigenvalue weighted by molar-refractivity contribution is -0.129. The van der Waals surface area contributed by atoms with Crippen LogP contribution in [-0.2, 0) is 29.9 Å². The fourth-order valence-electron chi connectivity index (χ4n) is 7.02. The van der Waals surface area contributed by atoms with Gasteiger partial charge in [-0.2, -0.15) is 0 Å². The van der Waals surface area contributed by atoms with Gasteiger partial charge in [-0.1, -0.05) is 151 Å². The second kappa shape index (κ2) is 14.1. The van der Waals surface area contributed by atoms with Crippen molar-refractivity contribution in [2.45, 2.75) is 30.4 Å². The maximum Gasteiger partial charge on any atom is 0.290 e. The van der Waals surface area contributed by atoms with Gasteiger partial charge in [0.25, 0.3) is 5.24 Å². The largest absolute Gasteiger partial charge is 0.489 e. The topological polar surface area (TPSA) is 64.4 Å². The highest BCUT2D eigenvalue weighted by atomic mass is 32.2. The third-order valence-electron chi connectivity index (χ3n) is 9.46. The Labute approximate surface area is 301 Å². The molecule has 1 fully saturated rings. The van der Waals surface area contributed by atoms with Crippen molar-refractivity contribution in [1.82, 2.24) is 14.5 Å². The number of ether oxygens (including phenoxy) is 1. The summed E-state index contributed by atoms with van der Waals surface area (Å²) in [5, 5.41) is -0.823. The van der Waals surface area contributed by atoms with Gasteiger partial charge in [0.1, 0.15) is 17.9 Å². The van der Waals surface area contributed by atoms with E-state index in [1.165, 1.54) is 10.5 Å². The highest BCUT2D eigenvalue weighted by Crippen LogP contribution is 2.47. The molecule has 6 aromatic carbocycles. The van der Waals surface area contributed by atoms with E-state index in [2.05, 4.69) is 39.9 Å². The first kappa shape index (κ1) is 32.3. The maximum atomic E-state index is 14.5. The van der Waals surface area contributed by atoms with Gasteiger partial charge in [0, 0.05) is 6.54 Å². The highest BCUT2D eigenvalue weighted by Gasteiger charge is 2.53. The molecule has 2 heterocycles. The first-order chi connectivity index (χ1) is 25.1. The van der Waals surface area contributed by atoms with Crippen LogP contribution in [0.2, 0.25) is 0 Å². The monoisotopic (exact) mass is 685 g/mol. The van der Waals surface area contributed by atoms with E-state index in [1.807, 2.05) is 140 Å². The zero-order valence-electron chi connectivity index (χ0n) is 27.8. The van der Waals surface area contributed by atoms with Gasteiger partial charge in [0.05, 0.1) is 22.6 Å². The van der Waals surface area contributed by atoms with E-state index >= 15 is 0 Å². The molecule has 2 amide bonds. The van der Waals surface area contributed by atoms with Gasteiger partial charge in [0.15, 0.2) is 0 Å². The van der Waals surface area contributed by atoms with E-state index in [0.29, 0.717) is 13.0 Å². The quantitative estimate of drug-likeness (QED) is 0.127. The molecule has 1 aliphatic rings. The molecule has 0 bridgehead atoms. The number of nitrogens with zero attached hydrogens (tertiary/aromatic N) is 3. The van der Waals surface area contributed by atoms with Crippen LogP contribution in [0.1, 0.15) is 33.4 Å². The predicted molar refractivity (Wildman–Crippen MR) is 203 cm³/mol. The number of carbonyl (C=O) groups is 2. The van der Waals surface area contributed by atoms with Crippen molar-refractivity contribution in [1.29, 1.82) is 0 Å². The Morgan fingerprint density at radius 3 is 1.76 bits per heavy atom. The number of amides is 2. The SMILES string of the molecule is O=C1SC(Cc2ccc(OCc3ccc4c(c3)ncn4Cc3ccccc3)cc2)C(=O)N1C(c1ccccc1)(c1ccccc1)c1ccccc1. The summed E-state index contributed by atoms with van der Waals surface area (Å²) in [4.78, 5) is 34.6. The van der Waals surface area contributed by atoms with Gasteiger partial charge < -0.3 is 9.30 Å². The minimum Gasteiger partial charge on any atom is -0.489 e. The van der Waals surface area contributed by atoms with Crippen LogP contribution in [-0.4, -0.2) is 30.8 Å². The lowest BCUT2D eigenvalue weighted by Gasteiger charge is -2.42. The van der Waals surface area contributed by atoms with Crippen molar-refractivity contribution in [3.05, 3.63) is 203 Å². The van der Waals surface area contributed by atoms with Crippen molar-refractivity contribution in [2.75, 3.05) is 0 Å². The number of carbonyl (C=O) groups excluding carboxylic acids is 2. The molecule has 0 spiro atoms. The van der Waals surface area contributed by atoms with Crippen molar-refractivity contribution >= 4 is 33.9 Å². The maximum absolute atomic E-state index is 14.5. The normalized spacial score (nSPS) is 14.7. The molecule has 0 saturated carbocycles. The highest BCUT2D eigenvalue weighted by molar-refractivity contribution is 8.15. The molecule has 250 valence electrons. The van der Waals surface area contributed by atoms with E-state index in [9.17, 15) is 9.59 Å². The fourth-order valence-corrected chi connectivity index (χ4v) is 8.08. The van der Waals surface area contributed by atoms with Crippen LogP contribution >= 0.6 is 11.8 Å². The molecule has 0 aliphatic carbocycles. The van der Waals surface area contributed by atoms with Crippen LogP contribution in [0.5, 0.6) is 5.75 Å². The third kappa shape index (κ3) is 6.33. The average Bonchev–Trinajstić information content (AvgIpc) is 3.71. The van der Waals surface area contributed by atoms with E-state index in [4.69, 9.17) is 4.74 Å². The summed E-state index contributed by atoms with van der Waals surface area (Å²) in [5.41, 5.74) is 6.66. The van der Waals surface area contributed by atoms with Gasteiger partial charge in [0.2, 0.25) is 5.91 Å². The molecule has 51 heavy (non-hydrogen) atoms. The second-order valence-electron chi connectivity index (χ2n) is 12.7. The molecule has 1 aromatic heterocycles. The number of hydrogen-bond donors (Lipinski definition) is 0. The van der Waals surface area contributed by atoms with Crippen LogP contribution < -0.4 is 4.74 Å². The number of imide groups is 1. The van der Waals surface area contributed by atoms with Crippen LogP contribution in [0.25, 0.3) is 11.0 Å². The Hall–Kier alpha value is -5.92. The Morgan fingerprint density at radius 1 is 0.627 bits per heavy atom. The number of fused-ring (bicyclic) bond motifs is 1. The van der Waals surface area contributed by atoms with Crippen LogP contribution in [0, 0.1) is 0 Å². The zero-order chi connectivity index (χ0) is 34.6. The lowest BCUT2D eigenvalue weighted by Crippen LogP contribution is -2.51. The summed E-state index contributed by atoms with van der Waals surface area (Å²) in [6, 6.07) is 53.9. The Morgan fingerprint density at radius 2 is 1.18 bits per heavy atom. The lowest BCUT2D eigenvalue weighted by atomic mass is 9.75. The second-order valence-corrected chi connectivity index (χ2v) is 13.8. The number of rotatable bonds is 11. The average molecular weight is 686 g/mol. The predicted octanol–water partition coefficient (Wildman–Crippen LogP) is 9.26. The Kier molecular flexibility index (Phi) is 8.95. The summed E-state index contributed by atoms with van der Waals surface area (Å²) in [7, 11) is 0. The molecule has 0 N–H and O–H groups in total. The fraction of sp³-hybridized carbons (Fsp3) is 0.114. The number of imidazole rings is 1. The van der Waals surface area contributed by atoms with Crippen LogP contribution in [0.15, 0.2) is 170 Å². The van der Waals surface area contributed by atoms with Gasteiger partial charge in [-0.3, -0.25) is 14.5 Å². The molecule has 8 rings (SSSR count). The number of hydrogen-bond acceptors (Lipinski definition) is 5. The third-order valence-corrected chi connectivity index (χ3v) is 10.5. The zero-order valence-corrected chi connectivity index (χ0v) is 28.7. The summed E-state index contributed by atoms with van der Waals surface area (Å²) < 4.78 is 8.30. The van der Waals surface area contributed by atoms with Crippen molar-refractivity contribution in [2.24, 2.45) is 0 Å². The van der Waals surface area contributed by atoms with Crippen molar-refractivity contribution in [3.8, 4) is 5.75 Å². The van der Waals surface area contributed by atoms with Crippen LogP contribution in [0.3, 0.4) is 0 Å². The Bertz CT molecular complexity index is 2180. The molecule has 1 unspecified atom stereocenters. The van der Waals surface area contributed by atoms with E-state index in [-0.39, 0.29) is 11.1 Å². The molecule has 0 radical (unpaired) electrons. The van der Waals surface area contributed by atoms with Crippen molar-refractivity contribution in [3.63, 3.8) is 0 Å². The smallest absolute Gasteiger partial charge is 0.290 e. The van der Waals surface area contributed by atoms with E-state index < -0.39 is 10.8 Å². The molecule has 1 atom stereocenters. The molecule has 1 aliphatic heterocycles. The Balaban J connectivity index is 0.988. The molecule has 6 nitrogen and oxygen atoms in total. The molecular weight excluding hydrogens is 651 g/mol. The summed E-state index contributed by atoms with van der Waals surface area (Å²) in [6.07, 6.45) is 2.30. The molecular formula is C44H35N3O3S. The first-order valence-corrected chi connectivity index (χ1v) is 17.9. The van der Waals surface area contributed by atoms with Crippen LogP contribution in [0.4, 0.5) is 4.79 Å². The summed E-state index contributed by atoms with van der Waals surface area (Å²) in [5.74, 6) is 0.524. The number of thioether (sulfide) groups is 1. The first-order valence-electron chi connectivity index (χ1n) is 17.0. The number of benzene rings is 6. The summed E-state index contributed by atoms with van der Waals surface area (Å²) >= 11 is 1.10.